The van der Waals surface area contributed by atoms with Crippen molar-refractivity contribution in [2.45, 2.75) is 32.4 Å². The Bertz CT molecular complexity index is 1330. The average molecular weight is 464 g/mol. The standard InChI is InChI=1S/C23H22BrN5O/c24-20-9-25-8-19-18(20)4-7-28(22(19)30)12-17-13-29-11-16(2-3-21(29)26-17)10-27-14-23(15-27)5-1-6-23/h2-4,7-9,11,13H,1,5-6,10,12,14-15H2. The minimum Gasteiger partial charge on any atom is -0.309 e. The number of hydrogen-bond acceptors (Lipinski definition) is 4. The second kappa shape index (κ2) is 6.75. The van der Waals surface area contributed by atoms with Crippen LogP contribution in [0.5, 0.6) is 0 Å². The molecule has 5 heterocycles. The summed E-state index contributed by atoms with van der Waals surface area (Å²) in [6.45, 7) is 3.93. The molecule has 6 nitrogen and oxygen atoms in total. The van der Waals surface area contributed by atoms with E-state index in [1.807, 2.05) is 18.5 Å². The molecule has 6 rings (SSSR count). The Balaban J connectivity index is 1.24. The highest BCUT2D eigenvalue weighted by molar-refractivity contribution is 9.10. The Hall–Kier alpha value is -2.51. The molecule has 7 heteroatoms. The summed E-state index contributed by atoms with van der Waals surface area (Å²) in [6, 6.07) is 6.18. The molecule has 2 fully saturated rings. The normalized spacial score (nSPS) is 18.0. The van der Waals surface area contributed by atoms with Gasteiger partial charge in [0.15, 0.2) is 0 Å². The molecule has 1 aliphatic heterocycles. The van der Waals surface area contributed by atoms with E-state index in [-0.39, 0.29) is 5.56 Å². The van der Waals surface area contributed by atoms with Gasteiger partial charge in [0.2, 0.25) is 0 Å². The van der Waals surface area contributed by atoms with Crippen LogP contribution in [0.15, 0.2) is 58.5 Å². The molecule has 30 heavy (non-hydrogen) atoms. The molecule has 0 atom stereocenters. The van der Waals surface area contributed by atoms with Crippen molar-refractivity contribution < 1.29 is 0 Å². The van der Waals surface area contributed by atoms with Crippen molar-refractivity contribution in [2.75, 3.05) is 13.1 Å². The molecule has 152 valence electrons. The summed E-state index contributed by atoms with van der Waals surface area (Å²) in [5.74, 6) is 0. The van der Waals surface area contributed by atoms with Gasteiger partial charge in [-0.05, 0) is 51.9 Å². The van der Waals surface area contributed by atoms with E-state index in [4.69, 9.17) is 4.98 Å². The molecule has 4 aromatic heterocycles. The Labute approximate surface area is 182 Å². The first-order valence-corrected chi connectivity index (χ1v) is 11.2. The molecule has 0 amide bonds. The summed E-state index contributed by atoms with van der Waals surface area (Å²) in [6.07, 6.45) is 13.6. The maximum absolute atomic E-state index is 12.9. The molecule has 0 radical (unpaired) electrons. The van der Waals surface area contributed by atoms with E-state index in [1.54, 1.807) is 17.0 Å². The van der Waals surface area contributed by atoms with Gasteiger partial charge in [-0.15, -0.1) is 0 Å². The summed E-state index contributed by atoms with van der Waals surface area (Å²) in [5, 5.41) is 1.48. The molecule has 1 saturated heterocycles. The lowest BCUT2D eigenvalue weighted by Crippen LogP contribution is -2.58. The van der Waals surface area contributed by atoms with Gasteiger partial charge >= 0.3 is 0 Å². The van der Waals surface area contributed by atoms with Crippen molar-refractivity contribution in [1.29, 1.82) is 0 Å². The molecule has 1 saturated carbocycles. The van der Waals surface area contributed by atoms with Gasteiger partial charge in [-0.1, -0.05) is 12.5 Å². The molecule has 4 aromatic rings. The maximum Gasteiger partial charge on any atom is 0.260 e. The number of fused-ring (bicyclic) bond motifs is 2. The van der Waals surface area contributed by atoms with E-state index in [0.29, 0.717) is 17.3 Å². The highest BCUT2D eigenvalue weighted by atomic mass is 79.9. The van der Waals surface area contributed by atoms with Crippen molar-refractivity contribution in [2.24, 2.45) is 5.41 Å². The van der Waals surface area contributed by atoms with Gasteiger partial charge < -0.3 is 8.97 Å². The van der Waals surface area contributed by atoms with E-state index in [2.05, 4.69) is 48.5 Å². The second-order valence-corrected chi connectivity index (χ2v) is 9.72. The molecule has 1 aliphatic carbocycles. The monoisotopic (exact) mass is 463 g/mol. The molecular formula is C23H22BrN5O. The van der Waals surface area contributed by atoms with Crippen molar-refractivity contribution in [3.8, 4) is 0 Å². The molecule has 0 bridgehead atoms. The molecule has 0 N–H and O–H groups in total. The van der Waals surface area contributed by atoms with Gasteiger partial charge in [0, 0.05) is 60.5 Å². The van der Waals surface area contributed by atoms with E-state index in [1.165, 1.54) is 37.9 Å². The fourth-order valence-electron chi connectivity index (χ4n) is 5.00. The number of aromatic nitrogens is 4. The zero-order valence-electron chi connectivity index (χ0n) is 16.6. The molecular weight excluding hydrogens is 442 g/mol. The molecule has 1 spiro atoms. The van der Waals surface area contributed by atoms with Crippen molar-refractivity contribution in [3.05, 3.63) is 75.3 Å². The number of hydrogen-bond donors (Lipinski definition) is 0. The van der Waals surface area contributed by atoms with Gasteiger partial charge in [-0.25, -0.2) is 4.98 Å². The number of nitrogens with zero attached hydrogens (tertiary/aromatic N) is 5. The minimum absolute atomic E-state index is 0.0539. The number of imidazole rings is 1. The summed E-state index contributed by atoms with van der Waals surface area (Å²) in [7, 11) is 0. The van der Waals surface area contributed by atoms with Crippen LogP contribution in [0.1, 0.15) is 30.5 Å². The molecule has 2 aliphatic rings. The fourth-order valence-corrected chi connectivity index (χ4v) is 5.46. The van der Waals surface area contributed by atoms with Gasteiger partial charge in [-0.3, -0.25) is 14.7 Å². The largest absolute Gasteiger partial charge is 0.309 e. The molecule has 0 aromatic carbocycles. The smallest absolute Gasteiger partial charge is 0.260 e. The number of rotatable bonds is 4. The van der Waals surface area contributed by atoms with Crippen molar-refractivity contribution >= 4 is 32.3 Å². The second-order valence-electron chi connectivity index (χ2n) is 8.87. The fraction of sp³-hybridized carbons (Fsp3) is 0.348. The van der Waals surface area contributed by atoms with Crippen molar-refractivity contribution in [3.63, 3.8) is 0 Å². The highest BCUT2D eigenvalue weighted by Gasteiger charge is 2.46. The van der Waals surface area contributed by atoms with Crippen LogP contribution in [0.4, 0.5) is 0 Å². The zero-order chi connectivity index (χ0) is 20.3. The first-order valence-electron chi connectivity index (χ1n) is 10.4. The predicted molar refractivity (Wildman–Crippen MR) is 120 cm³/mol. The zero-order valence-corrected chi connectivity index (χ0v) is 18.2. The summed E-state index contributed by atoms with van der Waals surface area (Å²) < 4.78 is 4.60. The number of likely N-dealkylation sites (tertiary alicyclic amines) is 1. The average Bonchev–Trinajstić information content (AvgIpc) is 3.07. The number of pyridine rings is 3. The third kappa shape index (κ3) is 2.99. The van der Waals surface area contributed by atoms with Gasteiger partial charge in [0.1, 0.15) is 5.65 Å². The highest BCUT2D eigenvalue weighted by Crippen LogP contribution is 2.48. The lowest BCUT2D eigenvalue weighted by Gasteiger charge is -2.56. The van der Waals surface area contributed by atoms with Crippen LogP contribution < -0.4 is 5.56 Å². The SMILES string of the molecule is O=c1c2cncc(Br)c2ccn1Cc1cn2cc(CN3CC4(CCC4)C3)ccc2n1. The van der Waals surface area contributed by atoms with Crippen molar-refractivity contribution in [1.82, 2.24) is 23.8 Å². The van der Waals surface area contributed by atoms with E-state index < -0.39 is 0 Å². The van der Waals surface area contributed by atoms with Crippen LogP contribution in [0.3, 0.4) is 0 Å². The van der Waals surface area contributed by atoms with Crippen LogP contribution in [-0.4, -0.2) is 36.9 Å². The number of halogens is 1. The van der Waals surface area contributed by atoms with E-state index in [9.17, 15) is 4.79 Å². The van der Waals surface area contributed by atoms with Crippen LogP contribution >= 0.6 is 15.9 Å². The van der Waals surface area contributed by atoms with E-state index in [0.717, 1.165) is 27.7 Å². The Kier molecular flexibility index (Phi) is 4.11. The lowest BCUT2D eigenvalue weighted by molar-refractivity contribution is -0.0645. The first kappa shape index (κ1) is 18.3. The first-order chi connectivity index (χ1) is 14.6. The van der Waals surface area contributed by atoms with Crippen LogP contribution in [-0.2, 0) is 13.1 Å². The third-order valence-electron chi connectivity index (χ3n) is 6.68. The summed E-state index contributed by atoms with van der Waals surface area (Å²) in [5.41, 5.74) is 3.69. The quantitative estimate of drug-likeness (QED) is 0.461. The molecule has 0 unspecified atom stereocenters. The maximum atomic E-state index is 12.9. The Morgan fingerprint density at radius 2 is 1.90 bits per heavy atom. The van der Waals surface area contributed by atoms with Gasteiger partial charge in [0.25, 0.3) is 5.56 Å². The summed E-state index contributed by atoms with van der Waals surface area (Å²) >= 11 is 3.46. The van der Waals surface area contributed by atoms with Crippen LogP contribution in [0.25, 0.3) is 16.4 Å². The third-order valence-corrected chi connectivity index (χ3v) is 7.32. The van der Waals surface area contributed by atoms with Crippen LogP contribution in [0, 0.1) is 5.41 Å². The topological polar surface area (TPSA) is 55.4 Å². The Morgan fingerprint density at radius 1 is 1.03 bits per heavy atom. The lowest BCUT2D eigenvalue weighted by atomic mass is 9.63. The Morgan fingerprint density at radius 3 is 2.70 bits per heavy atom. The summed E-state index contributed by atoms with van der Waals surface area (Å²) in [4.78, 5) is 24.2. The van der Waals surface area contributed by atoms with Gasteiger partial charge in [-0.2, -0.15) is 0 Å². The van der Waals surface area contributed by atoms with E-state index >= 15 is 0 Å². The minimum atomic E-state index is -0.0539. The van der Waals surface area contributed by atoms with Gasteiger partial charge in [0.05, 0.1) is 17.6 Å². The predicted octanol–water partition coefficient (Wildman–Crippen LogP) is 3.84. The van der Waals surface area contributed by atoms with Crippen LogP contribution in [0.2, 0.25) is 0 Å².